The molecule has 1 amide bonds. The lowest BCUT2D eigenvalue weighted by molar-refractivity contribution is -0.386. The van der Waals surface area contributed by atoms with Gasteiger partial charge in [-0.1, -0.05) is 29.0 Å². The lowest BCUT2D eigenvalue weighted by Gasteiger charge is -2.21. The quantitative estimate of drug-likeness (QED) is 0.0285. The van der Waals surface area contributed by atoms with Crippen molar-refractivity contribution in [1.82, 2.24) is 24.5 Å². The molecule has 1 aromatic carbocycles. The summed E-state index contributed by atoms with van der Waals surface area (Å²) in [6.07, 6.45) is 1.76. The van der Waals surface area contributed by atoms with Gasteiger partial charge in [-0.2, -0.15) is 8.62 Å². The number of benzene rings is 1. The number of carbonyl (C=O) groups is 1. The minimum absolute atomic E-state index is 0.0175. The van der Waals surface area contributed by atoms with Gasteiger partial charge >= 0.3 is 23.5 Å². The number of hydrogen-bond acceptors (Lipinski definition) is 17. The van der Waals surface area contributed by atoms with Crippen LogP contribution in [-0.4, -0.2) is 79.5 Å². The maximum Gasteiger partial charge on any atom is 0.490 e. The molecule has 22 nitrogen and oxygen atoms in total. The number of rotatable bonds is 19. The van der Waals surface area contributed by atoms with E-state index in [1.807, 2.05) is 18.2 Å². The lowest BCUT2D eigenvalue weighted by atomic mass is 10.1. The number of imidazole rings is 1. The van der Waals surface area contributed by atoms with Crippen molar-refractivity contribution in [2.75, 3.05) is 17.7 Å². The number of amides is 1. The molecule has 27 heteroatoms. The second-order valence-electron chi connectivity index (χ2n) is 10.8. The minimum Gasteiger partial charge on any atom is -0.370 e. The van der Waals surface area contributed by atoms with Crippen molar-refractivity contribution >= 4 is 73.6 Å². The summed E-state index contributed by atoms with van der Waals surface area (Å²) >= 11 is 0. The Morgan fingerprint density at radius 2 is 1.81 bits per heavy atom. The van der Waals surface area contributed by atoms with Gasteiger partial charge in [-0.05, 0) is 35.4 Å². The van der Waals surface area contributed by atoms with Crippen LogP contribution in [0.3, 0.4) is 0 Å². The van der Waals surface area contributed by atoms with Gasteiger partial charge in [-0.3, -0.25) is 24.0 Å². The zero-order valence-electron chi connectivity index (χ0n) is 26.9. The number of ether oxygens (including phenoxy) is 2. The number of anilines is 1. The standard InChI is InChI=1S/C26H30N7O15P3S2/c34-21(8-5-11-52-53-22-9-3-4-10-27-22)31-25-24-26(29-15-28-25)32(16-30-24)23-12-19(44-13-17-6-1-2-7-18(17)33(35)36)20(46-23)14-45-50(40,41)48-51(42,43)47-49(37,38)39/h1-4,6-7,9-10,15-16,19-20,23H,5,8,11-14H2,(H,40,41)(H,42,43)(H2,37,38,39)(H,28,29,31,34)/t19?,20?,23-/m1/s1. The highest BCUT2D eigenvalue weighted by Crippen LogP contribution is 2.66. The van der Waals surface area contributed by atoms with Gasteiger partial charge < -0.3 is 34.4 Å². The van der Waals surface area contributed by atoms with Gasteiger partial charge in [0.1, 0.15) is 23.7 Å². The molecule has 5 atom stereocenters. The molecular weight excluding hydrogens is 807 g/mol. The number of phosphoric acid groups is 3. The highest BCUT2D eigenvalue weighted by Gasteiger charge is 2.44. The first-order chi connectivity index (χ1) is 25.1. The average Bonchev–Trinajstić information content (AvgIpc) is 3.70. The molecule has 0 aliphatic carbocycles. The predicted molar refractivity (Wildman–Crippen MR) is 186 cm³/mol. The Hall–Kier alpha value is -3.18. The summed E-state index contributed by atoms with van der Waals surface area (Å²) in [7, 11) is -13.9. The predicted octanol–water partition coefficient (Wildman–Crippen LogP) is 4.50. The number of fused-ring (bicyclic) bond motifs is 1. The Labute approximate surface area is 307 Å². The first kappa shape index (κ1) is 41.0. The van der Waals surface area contributed by atoms with Gasteiger partial charge in [-0.15, -0.1) is 0 Å². The molecular formula is C26H30N7O15P3S2. The van der Waals surface area contributed by atoms with Crippen molar-refractivity contribution in [3.63, 3.8) is 0 Å². The minimum atomic E-state index is -5.79. The number of nitro benzene ring substituents is 1. The fourth-order valence-corrected chi connectivity index (χ4v) is 9.81. The number of hydrogen-bond donors (Lipinski definition) is 5. The van der Waals surface area contributed by atoms with Crippen LogP contribution in [0.5, 0.6) is 0 Å². The number of nitro groups is 1. The monoisotopic (exact) mass is 837 g/mol. The molecule has 1 saturated heterocycles. The van der Waals surface area contributed by atoms with Gasteiger partial charge in [0.05, 0.1) is 36.1 Å². The number of nitrogens with one attached hydrogen (secondary N) is 1. The molecule has 0 bridgehead atoms. The number of aromatic nitrogens is 5. The molecule has 4 heterocycles. The second kappa shape index (κ2) is 18.0. The molecule has 3 aromatic heterocycles. The van der Waals surface area contributed by atoms with Crippen LogP contribution < -0.4 is 5.32 Å². The Bertz CT molecular complexity index is 2060. The number of carbonyl (C=O) groups excluding carboxylic acids is 1. The molecule has 286 valence electrons. The Morgan fingerprint density at radius 3 is 2.55 bits per heavy atom. The average molecular weight is 838 g/mol. The summed E-state index contributed by atoms with van der Waals surface area (Å²) < 4.78 is 61.0. The van der Waals surface area contributed by atoms with Gasteiger partial charge in [0.25, 0.3) is 5.69 Å². The summed E-state index contributed by atoms with van der Waals surface area (Å²) in [5, 5.41) is 15.1. The lowest BCUT2D eigenvalue weighted by Crippen LogP contribution is -2.29. The highest BCUT2D eigenvalue weighted by molar-refractivity contribution is 8.76. The smallest absolute Gasteiger partial charge is 0.370 e. The molecule has 0 radical (unpaired) electrons. The summed E-state index contributed by atoms with van der Waals surface area (Å²) in [6, 6.07) is 11.4. The fourth-order valence-electron chi connectivity index (χ4n) is 4.81. The molecule has 4 aromatic rings. The van der Waals surface area contributed by atoms with Crippen LogP contribution >= 0.6 is 45.1 Å². The topological polar surface area (TPSA) is 307 Å². The molecule has 1 fully saturated rings. The first-order valence-electron chi connectivity index (χ1n) is 15.0. The molecule has 1 aliphatic heterocycles. The molecule has 5 N–H and O–H groups in total. The van der Waals surface area contributed by atoms with Gasteiger partial charge in [0.2, 0.25) is 5.91 Å². The van der Waals surface area contributed by atoms with Crippen molar-refractivity contribution in [1.29, 1.82) is 0 Å². The summed E-state index contributed by atoms with van der Waals surface area (Å²) in [5.41, 5.74) is 0.383. The van der Waals surface area contributed by atoms with Crippen LogP contribution in [0.2, 0.25) is 0 Å². The third kappa shape index (κ3) is 12.2. The SMILES string of the molecule is O=C(CCCSSc1ccccn1)Nc1ncnc2c1ncn2[C@H]1CC(OCc2ccccc2[N+](=O)[O-])C(COP(=O)(O)OP(=O)(O)OP(=O)(O)O)O1. The molecule has 53 heavy (non-hydrogen) atoms. The van der Waals surface area contributed by atoms with E-state index >= 15 is 0 Å². The van der Waals surface area contributed by atoms with Crippen LogP contribution in [0, 0.1) is 10.1 Å². The van der Waals surface area contributed by atoms with E-state index in [1.54, 1.807) is 23.1 Å². The molecule has 1 aliphatic rings. The number of pyridine rings is 1. The van der Waals surface area contributed by atoms with Crippen molar-refractivity contribution in [2.45, 2.75) is 49.3 Å². The normalized spacial score (nSPS) is 19.8. The third-order valence-electron chi connectivity index (χ3n) is 6.98. The Morgan fingerprint density at radius 1 is 1.04 bits per heavy atom. The Kier molecular flexibility index (Phi) is 13.9. The Balaban J connectivity index is 1.26. The molecule has 4 unspecified atom stereocenters. The van der Waals surface area contributed by atoms with E-state index in [4.69, 9.17) is 23.8 Å². The van der Waals surface area contributed by atoms with E-state index in [0.717, 1.165) is 5.03 Å². The van der Waals surface area contributed by atoms with E-state index in [2.05, 4.69) is 33.9 Å². The summed E-state index contributed by atoms with van der Waals surface area (Å²) in [6.45, 7) is -1.17. The van der Waals surface area contributed by atoms with E-state index in [1.165, 1.54) is 46.2 Å². The zero-order chi connectivity index (χ0) is 38.2. The number of para-hydroxylation sites is 1. The number of nitrogens with zero attached hydrogens (tertiary/aromatic N) is 6. The van der Waals surface area contributed by atoms with E-state index < -0.39 is 53.4 Å². The van der Waals surface area contributed by atoms with E-state index in [0.29, 0.717) is 12.2 Å². The second-order valence-corrected chi connectivity index (χ2v) is 17.6. The number of phosphoric ester groups is 1. The summed E-state index contributed by atoms with van der Waals surface area (Å²) in [4.78, 5) is 77.7. The zero-order valence-corrected chi connectivity index (χ0v) is 31.2. The largest absolute Gasteiger partial charge is 0.490 e. The first-order valence-corrected chi connectivity index (χ1v) is 21.9. The molecule has 0 saturated carbocycles. The van der Waals surface area contributed by atoms with Crippen molar-refractivity contribution < 1.29 is 65.6 Å². The van der Waals surface area contributed by atoms with E-state index in [-0.39, 0.29) is 53.6 Å². The third-order valence-corrected chi connectivity index (χ3v) is 13.1. The van der Waals surface area contributed by atoms with Gasteiger partial charge in [0, 0.05) is 30.9 Å². The van der Waals surface area contributed by atoms with Crippen molar-refractivity contribution in [2.24, 2.45) is 0 Å². The highest BCUT2D eigenvalue weighted by atomic mass is 33.1. The maximum atomic E-state index is 12.7. The van der Waals surface area contributed by atoms with E-state index in [9.17, 15) is 38.4 Å². The van der Waals surface area contributed by atoms with Crippen molar-refractivity contribution in [3.05, 3.63) is 77.0 Å². The van der Waals surface area contributed by atoms with Gasteiger partial charge in [0.15, 0.2) is 17.0 Å². The van der Waals surface area contributed by atoms with Crippen LogP contribution in [0.4, 0.5) is 11.5 Å². The van der Waals surface area contributed by atoms with Crippen LogP contribution in [0.25, 0.3) is 11.2 Å². The summed E-state index contributed by atoms with van der Waals surface area (Å²) in [5.74, 6) is 0.502. The van der Waals surface area contributed by atoms with Crippen LogP contribution in [0.1, 0.15) is 31.1 Å². The molecule has 0 spiro atoms. The molecule has 5 rings (SSSR count). The maximum absolute atomic E-state index is 12.7. The van der Waals surface area contributed by atoms with Crippen LogP contribution in [0.15, 0.2) is 66.3 Å². The van der Waals surface area contributed by atoms with Crippen LogP contribution in [-0.2, 0) is 47.7 Å². The fraction of sp³-hybridized carbons (Fsp3) is 0.346. The van der Waals surface area contributed by atoms with Crippen molar-refractivity contribution in [3.8, 4) is 0 Å². The van der Waals surface area contributed by atoms with Gasteiger partial charge in [-0.25, -0.2) is 33.6 Å².